The Morgan fingerprint density at radius 2 is 1.85 bits per heavy atom. The molecule has 0 aliphatic rings. The maximum Gasteiger partial charge on any atom is 0.416 e. The van der Waals surface area contributed by atoms with Gasteiger partial charge in [0.15, 0.2) is 27.2 Å². The van der Waals surface area contributed by atoms with Crippen molar-refractivity contribution in [2.24, 2.45) is 7.05 Å². The number of pyridine rings is 2. The molecule has 0 N–H and O–H groups in total. The summed E-state index contributed by atoms with van der Waals surface area (Å²) in [5.41, 5.74) is -0.607. The summed E-state index contributed by atoms with van der Waals surface area (Å²) in [4.78, 5) is 8.03. The van der Waals surface area contributed by atoms with Crippen molar-refractivity contribution in [1.82, 2.24) is 34.5 Å². The summed E-state index contributed by atoms with van der Waals surface area (Å²) < 4.78 is 67.7. The van der Waals surface area contributed by atoms with Gasteiger partial charge in [0, 0.05) is 19.4 Å². The molecule has 0 bridgehead atoms. The smallest absolute Gasteiger partial charge is 0.307 e. The van der Waals surface area contributed by atoms with Gasteiger partial charge in [-0.05, 0) is 24.3 Å². The second-order valence-corrected chi connectivity index (χ2v) is 9.28. The average Bonchev–Trinajstić information content (AvgIpc) is 3.45. The fourth-order valence-electron chi connectivity index (χ4n) is 3.14. The Labute approximate surface area is 191 Å². The molecule has 0 atom stereocenters. The van der Waals surface area contributed by atoms with Crippen LogP contribution in [-0.2, 0) is 23.1 Å². The van der Waals surface area contributed by atoms with E-state index >= 15 is 0 Å². The van der Waals surface area contributed by atoms with Crippen LogP contribution >= 0.6 is 0 Å². The molecule has 0 saturated heterocycles. The van der Waals surface area contributed by atoms with E-state index in [0.29, 0.717) is 5.69 Å². The van der Waals surface area contributed by atoms with Gasteiger partial charge < -0.3 is 4.57 Å². The zero-order chi connectivity index (χ0) is 24.7. The molecule has 0 aliphatic heterocycles. The highest BCUT2D eigenvalue weighted by Gasteiger charge is 2.31. The van der Waals surface area contributed by atoms with Crippen LogP contribution in [0.3, 0.4) is 0 Å². The Bertz CT molecular complexity index is 1530. The first-order chi connectivity index (χ1) is 16.0. The summed E-state index contributed by atoms with van der Waals surface area (Å²) in [7, 11) is -2.35. The van der Waals surface area contributed by atoms with Crippen molar-refractivity contribution in [2.75, 3.05) is 5.75 Å². The van der Waals surface area contributed by atoms with E-state index in [2.05, 4.69) is 25.3 Å². The van der Waals surface area contributed by atoms with Gasteiger partial charge >= 0.3 is 6.18 Å². The van der Waals surface area contributed by atoms with Gasteiger partial charge in [-0.1, -0.05) is 6.92 Å². The first-order valence-corrected chi connectivity index (χ1v) is 11.3. The van der Waals surface area contributed by atoms with Gasteiger partial charge in [0.05, 0.1) is 28.1 Å². The second kappa shape index (κ2) is 8.34. The minimum absolute atomic E-state index is 0.00226. The van der Waals surface area contributed by atoms with Gasteiger partial charge in [0.25, 0.3) is 0 Å². The molecule has 4 aromatic heterocycles. The van der Waals surface area contributed by atoms with Crippen molar-refractivity contribution < 1.29 is 21.6 Å². The number of alkyl halides is 3. The number of hydrogen-bond acceptors (Lipinski definition) is 8. The Morgan fingerprint density at radius 3 is 2.50 bits per heavy atom. The second-order valence-electron chi connectivity index (χ2n) is 7.03. The maximum atomic E-state index is 13.1. The molecule has 174 valence electrons. The van der Waals surface area contributed by atoms with Crippen molar-refractivity contribution in [3.05, 3.63) is 54.1 Å². The quantitative estimate of drug-likeness (QED) is 0.419. The van der Waals surface area contributed by atoms with Crippen molar-refractivity contribution in [3.8, 4) is 34.8 Å². The Morgan fingerprint density at radius 1 is 1.12 bits per heavy atom. The normalized spacial score (nSPS) is 12.0. The Kier molecular flexibility index (Phi) is 5.65. The molecule has 0 unspecified atom stereocenters. The summed E-state index contributed by atoms with van der Waals surface area (Å²) in [6.07, 6.45) is -0.741. The predicted molar refractivity (Wildman–Crippen MR) is 112 cm³/mol. The molecule has 10 nitrogen and oxygen atoms in total. The third-order valence-electron chi connectivity index (χ3n) is 4.92. The van der Waals surface area contributed by atoms with Gasteiger partial charge in [-0.3, -0.25) is 4.98 Å². The molecule has 4 heterocycles. The average molecular weight is 488 g/mol. The minimum atomic E-state index is -4.57. The lowest BCUT2D eigenvalue weighted by Crippen LogP contribution is -2.11. The van der Waals surface area contributed by atoms with E-state index in [4.69, 9.17) is 5.26 Å². The van der Waals surface area contributed by atoms with E-state index in [0.717, 1.165) is 18.3 Å². The van der Waals surface area contributed by atoms with Crippen molar-refractivity contribution in [1.29, 1.82) is 5.26 Å². The lowest BCUT2D eigenvalue weighted by atomic mass is 10.2. The predicted octanol–water partition coefficient (Wildman–Crippen LogP) is 2.81. The molecule has 4 rings (SSSR count). The zero-order valence-electron chi connectivity index (χ0n) is 17.7. The fourth-order valence-corrected chi connectivity index (χ4v) is 4.18. The van der Waals surface area contributed by atoms with Gasteiger partial charge in [0.1, 0.15) is 17.5 Å². The van der Waals surface area contributed by atoms with Crippen LogP contribution < -0.4 is 0 Å². The molecule has 0 aliphatic carbocycles. The van der Waals surface area contributed by atoms with Crippen LogP contribution in [0.1, 0.15) is 18.2 Å². The molecular formula is C20H15F3N8O2S. The highest BCUT2D eigenvalue weighted by molar-refractivity contribution is 7.91. The summed E-state index contributed by atoms with van der Waals surface area (Å²) in [6, 6.07) is 6.34. The zero-order valence-corrected chi connectivity index (χ0v) is 18.5. The van der Waals surface area contributed by atoms with E-state index in [-0.39, 0.29) is 39.4 Å². The van der Waals surface area contributed by atoms with Crippen LogP contribution in [-0.4, -0.2) is 48.7 Å². The van der Waals surface area contributed by atoms with Gasteiger partial charge in [-0.2, -0.15) is 23.5 Å². The third-order valence-corrected chi connectivity index (χ3v) is 6.67. The van der Waals surface area contributed by atoms with Crippen molar-refractivity contribution in [2.45, 2.75) is 18.0 Å². The van der Waals surface area contributed by atoms with Gasteiger partial charge in [-0.25, -0.2) is 18.1 Å². The molecule has 0 amide bonds. The van der Waals surface area contributed by atoms with Crippen LogP contribution in [0.2, 0.25) is 0 Å². The monoisotopic (exact) mass is 488 g/mol. The number of halogens is 3. The molecule has 14 heteroatoms. The van der Waals surface area contributed by atoms with E-state index in [1.54, 1.807) is 0 Å². The maximum absolute atomic E-state index is 13.1. The van der Waals surface area contributed by atoms with Crippen LogP contribution in [0.5, 0.6) is 0 Å². The molecular weight excluding hydrogens is 473 g/mol. The van der Waals surface area contributed by atoms with Crippen molar-refractivity contribution in [3.63, 3.8) is 0 Å². The summed E-state index contributed by atoms with van der Waals surface area (Å²) in [6.45, 7) is 1.46. The lowest BCUT2D eigenvalue weighted by molar-refractivity contribution is -0.137. The number of aromatic nitrogens is 7. The topological polar surface area (TPSA) is 132 Å². The molecule has 34 heavy (non-hydrogen) atoms. The van der Waals surface area contributed by atoms with Crippen LogP contribution in [0.4, 0.5) is 13.2 Å². The number of sulfone groups is 1. The van der Waals surface area contributed by atoms with E-state index in [9.17, 15) is 21.6 Å². The Hall–Kier alpha value is -4.12. The summed E-state index contributed by atoms with van der Waals surface area (Å²) in [5, 5.41) is 20.9. The van der Waals surface area contributed by atoms with Crippen molar-refractivity contribution >= 4 is 9.84 Å². The van der Waals surface area contributed by atoms with E-state index in [1.165, 1.54) is 47.7 Å². The van der Waals surface area contributed by atoms with E-state index in [1.807, 2.05) is 6.07 Å². The van der Waals surface area contributed by atoms with E-state index < -0.39 is 21.6 Å². The molecule has 0 radical (unpaired) electrons. The first-order valence-electron chi connectivity index (χ1n) is 9.67. The Balaban J connectivity index is 1.86. The largest absolute Gasteiger partial charge is 0.416 e. The highest BCUT2D eigenvalue weighted by Crippen LogP contribution is 2.32. The number of hydrogen-bond donors (Lipinski definition) is 0. The number of rotatable bonds is 5. The molecule has 0 saturated carbocycles. The first kappa shape index (κ1) is 23.1. The molecule has 0 spiro atoms. The van der Waals surface area contributed by atoms with Crippen LogP contribution in [0.25, 0.3) is 28.7 Å². The number of nitriles is 1. The highest BCUT2D eigenvalue weighted by atomic mass is 32.2. The molecule has 4 aromatic rings. The van der Waals surface area contributed by atoms with Crippen LogP contribution in [0.15, 0.2) is 47.8 Å². The molecule has 0 aromatic carbocycles. The fraction of sp³-hybridized carbons (Fsp3) is 0.200. The SMILES string of the molecule is CCS(=O)(=O)c1cc(-n2ccc(C#N)n2)cnc1-c1nnc(-c2cc(C(F)(F)F)ccn2)n1C. The van der Waals surface area contributed by atoms with Gasteiger partial charge in [0.2, 0.25) is 0 Å². The third kappa shape index (κ3) is 4.13. The lowest BCUT2D eigenvalue weighted by Gasteiger charge is -2.11. The van der Waals surface area contributed by atoms with Crippen LogP contribution in [0, 0.1) is 11.3 Å². The van der Waals surface area contributed by atoms with Gasteiger partial charge in [-0.15, -0.1) is 10.2 Å². The minimum Gasteiger partial charge on any atom is -0.307 e. The standard InChI is InChI=1S/C20H15F3N8O2S/c1-3-34(32,33)16-9-14(31-7-5-13(10-24)29-31)11-26-17(16)19-28-27-18(30(19)2)15-8-12(4-6-25-15)20(21,22)23/h4-9,11H,3H2,1-2H3. The summed E-state index contributed by atoms with van der Waals surface area (Å²) >= 11 is 0. The number of nitrogens with zero attached hydrogens (tertiary/aromatic N) is 8. The summed E-state index contributed by atoms with van der Waals surface area (Å²) in [5.74, 6) is -0.225. The molecule has 0 fully saturated rings.